The molecule has 0 aromatic heterocycles. The monoisotopic (exact) mass is 294 g/mol. The minimum Gasteiger partial charge on any atom is -0.478 e. The normalized spacial score (nSPS) is 16.1. The summed E-state index contributed by atoms with van der Waals surface area (Å²) >= 11 is 0. The van der Waals surface area contributed by atoms with Gasteiger partial charge in [0.1, 0.15) is 0 Å². The van der Waals surface area contributed by atoms with Crippen molar-refractivity contribution in [3.63, 3.8) is 0 Å². The SMILES string of the molecule is CC(C#N)S(=O)(=O)N1CCCc2c(C(=O)O)cccc21. The van der Waals surface area contributed by atoms with Crippen molar-refractivity contribution in [3.05, 3.63) is 29.3 Å². The third-order valence-corrected chi connectivity index (χ3v) is 5.37. The van der Waals surface area contributed by atoms with Crippen molar-refractivity contribution < 1.29 is 18.3 Å². The van der Waals surface area contributed by atoms with Crippen LogP contribution in [0.3, 0.4) is 0 Å². The molecule has 1 aromatic carbocycles. The molecule has 1 unspecified atom stereocenters. The average Bonchev–Trinajstić information content (AvgIpc) is 2.44. The van der Waals surface area contributed by atoms with Gasteiger partial charge in [0.05, 0.1) is 17.3 Å². The number of carboxylic acid groups (broad SMARTS) is 1. The first kappa shape index (κ1) is 14.3. The van der Waals surface area contributed by atoms with Crippen molar-refractivity contribution in [2.24, 2.45) is 0 Å². The fourth-order valence-electron chi connectivity index (χ4n) is 2.31. The first-order valence-electron chi connectivity index (χ1n) is 6.16. The highest BCUT2D eigenvalue weighted by Crippen LogP contribution is 2.32. The Morgan fingerprint density at radius 3 is 2.80 bits per heavy atom. The van der Waals surface area contributed by atoms with E-state index in [1.165, 1.54) is 19.1 Å². The summed E-state index contributed by atoms with van der Waals surface area (Å²) in [5.41, 5.74) is 1.00. The lowest BCUT2D eigenvalue weighted by Gasteiger charge is -2.31. The summed E-state index contributed by atoms with van der Waals surface area (Å²) < 4.78 is 25.8. The molecule has 106 valence electrons. The van der Waals surface area contributed by atoms with Gasteiger partial charge in [-0.05, 0) is 37.5 Å². The molecule has 1 aliphatic heterocycles. The van der Waals surface area contributed by atoms with Gasteiger partial charge in [-0.1, -0.05) is 6.07 Å². The molecule has 6 nitrogen and oxygen atoms in total. The van der Waals surface area contributed by atoms with Crippen LogP contribution in [-0.2, 0) is 16.4 Å². The third kappa shape index (κ3) is 2.23. The van der Waals surface area contributed by atoms with Crippen LogP contribution < -0.4 is 4.31 Å². The van der Waals surface area contributed by atoms with Gasteiger partial charge >= 0.3 is 5.97 Å². The molecule has 7 heteroatoms. The highest BCUT2D eigenvalue weighted by atomic mass is 32.2. The molecule has 2 rings (SSSR count). The second-order valence-electron chi connectivity index (χ2n) is 4.60. The molecular weight excluding hydrogens is 280 g/mol. The number of sulfonamides is 1. The Morgan fingerprint density at radius 1 is 1.50 bits per heavy atom. The van der Waals surface area contributed by atoms with E-state index in [4.69, 9.17) is 10.4 Å². The number of benzene rings is 1. The summed E-state index contributed by atoms with van der Waals surface area (Å²) in [7, 11) is -3.79. The summed E-state index contributed by atoms with van der Waals surface area (Å²) in [6.45, 7) is 1.59. The van der Waals surface area contributed by atoms with Crippen molar-refractivity contribution in [2.75, 3.05) is 10.8 Å². The van der Waals surface area contributed by atoms with Crippen LogP contribution in [0.2, 0.25) is 0 Å². The van der Waals surface area contributed by atoms with Crippen LogP contribution in [0.4, 0.5) is 5.69 Å². The largest absolute Gasteiger partial charge is 0.478 e. The van der Waals surface area contributed by atoms with E-state index in [1.54, 1.807) is 12.1 Å². The molecule has 1 N–H and O–H groups in total. The number of rotatable bonds is 3. The standard InChI is InChI=1S/C13H14N2O4S/c1-9(8-14)20(18,19)15-7-3-5-10-11(13(16)17)4-2-6-12(10)15/h2,4,6,9H,3,5,7H2,1H3,(H,16,17). The molecule has 1 aliphatic rings. The van der Waals surface area contributed by atoms with E-state index in [2.05, 4.69) is 0 Å². The zero-order chi connectivity index (χ0) is 14.9. The van der Waals surface area contributed by atoms with Crippen LogP contribution in [0.15, 0.2) is 18.2 Å². The molecule has 20 heavy (non-hydrogen) atoms. The molecule has 0 fully saturated rings. The van der Waals surface area contributed by atoms with E-state index in [9.17, 15) is 13.2 Å². The van der Waals surface area contributed by atoms with E-state index in [0.717, 1.165) is 4.31 Å². The first-order valence-corrected chi connectivity index (χ1v) is 7.66. The molecule has 0 aliphatic carbocycles. The van der Waals surface area contributed by atoms with Crippen molar-refractivity contribution in [1.29, 1.82) is 5.26 Å². The highest BCUT2D eigenvalue weighted by Gasteiger charge is 2.33. The topological polar surface area (TPSA) is 98.5 Å². The fraction of sp³-hybridized carbons (Fsp3) is 0.385. The van der Waals surface area contributed by atoms with Crippen molar-refractivity contribution >= 4 is 21.7 Å². The maximum Gasteiger partial charge on any atom is 0.336 e. The van der Waals surface area contributed by atoms with E-state index in [0.29, 0.717) is 24.1 Å². The predicted molar refractivity (Wildman–Crippen MR) is 73.1 cm³/mol. The Labute approximate surface area is 117 Å². The maximum atomic E-state index is 12.3. The molecule has 0 amide bonds. The summed E-state index contributed by atoms with van der Waals surface area (Å²) in [4.78, 5) is 11.2. The molecule has 0 saturated heterocycles. The van der Waals surface area contributed by atoms with Crippen LogP contribution in [-0.4, -0.2) is 31.3 Å². The number of nitrogens with zero attached hydrogens (tertiary/aromatic N) is 2. The van der Waals surface area contributed by atoms with Gasteiger partial charge in [-0.2, -0.15) is 5.26 Å². The van der Waals surface area contributed by atoms with Crippen molar-refractivity contribution in [3.8, 4) is 6.07 Å². The Kier molecular flexibility index (Phi) is 3.68. The second-order valence-corrected chi connectivity index (χ2v) is 6.78. The average molecular weight is 294 g/mol. The number of nitriles is 1. The van der Waals surface area contributed by atoms with E-state index in [-0.39, 0.29) is 12.1 Å². The van der Waals surface area contributed by atoms with Gasteiger partial charge < -0.3 is 5.11 Å². The zero-order valence-corrected chi connectivity index (χ0v) is 11.7. The summed E-state index contributed by atoms with van der Waals surface area (Å²) in [6, 6.07) is 6.29. The Balaban J connectivity index is 2.58. The van der Waals surface area contributed by atoms with Crippen LogP contribution in [0.25, 0.3) is 0 Å². The smallest absolute Gasteiger partial charge is 0.336 e. The fourth-order valence-corrected chi connectivity index (χ4v) is 3.66. The number of carboxylic acids is 1. The minimum absolute atomic E-state index is 0.118. The molecule has 1 atom stereocenters. The van der Waals surface area contributed by atoms with Crippen molar-refractivity contribution in [1.82, 2.24) is 0 Å². The summed E-state index contributed by atoms with van der Waals surface area (Å²) in [5, 5.41) is 16.8. The zero-order valence-electron chi connectivity index (χ0n) is 10.9. The Bertz CT molecular complexity index is 691. The number of hydrogen-bond acceptors (Lipinski definition) is 4. The van der Waals surface area contributed by atoms with Gasteiger partial charge in [-0.15, -0.1) is 0 Å². The van der Waals surface area contributed by atoms with E-state index in [1.807, 2.05) is 0 Å². The second kappa shape index (κ2) is 5.13. The van der Waals surface area contributed by atoms with Gasteiger partial charge in [-0.25, -0.2) is 13.2 Å². The maximum absolute atomic E-state index is 12.3. The summed E-state index contributed by atoms with van der Waals surface area (Å²) in [6.07, 6.45) is 1.05. The van der Waals surface area contributed by atoms with Crippen LogP contribution in [0.1, 0.15) is 29.3 Å². The lowest BCUT2D eigenvalue weighted by Crippen LogP contribution is -2.40. The van der Waals surface area contributed by atoms with Crippen LogP contribution in [0.5, 0.6) is 0 Å². The molecule has 0 spiro atoms. The van der Waals surface area contributed by atoms with Gasteiger partial charge in [-0.3, -0.25) is 4.31 Å². The van der Waals surface area contributed by atoms with Crippen molar-refractivity contribution in [2.45, 2.75) is 25.0 Å². The number of aromatic carboxylic acids is 1. The quantitative estimate of drug-likeness (QED) is 0.908. The first-order chi connectivity index (χ1) is 9.39. The molecule has 0 radical (unpaired) electrons. The van der Waals surface area contributed by atoms with Gasteiger partial charge in [0.2, 0.25) is 0 Å². The van der Waals surface area contributed by atoms with Crippen LogP contribution >= 0.6 is 0 Å². The van der Waals surface area contributed by atoms with Gasteiger partial charge in [0.15, 0.2) is 5.25 Å². The minimum atomic E-state index is -3.79. The Morgan fingerprint density at radius 2 is 2.20 bits per heavy atom. The lowest BCUT2D eigenvalue weighted by atomic mass is 9.98. The summed E-state index contributed by atoms with van der Waals surface area (Å²) in [5.74, 6) is -1.07. The predicted octanol–water partition coefficient (Wildman–Crippen LogP) is 1.38. The number of anilines is 1. The molecular formula is C13H14N2O4S. The molecule has 0 saturated carbocycles. The van der Waals surface area contributed by atoms with Gasteiger partial charge in [0, 0.05) is 6.54 Å². The van der Waals surface area contributed by atoms with Crippen LogP contribution in [0, 0.1) is 11.3 Å². The molecule has 0 bridgehead atoms. The number of fused-ring (bicyclic) bond motifs is 1. The van der Waals surface area contributed by atoms with E-state index < -0.39 is 21.2 Å². The van der Waals surface area contributed by atoms with Gasteiger partial charge in [0.25, 0.3) is 10.0 Å². The lowest BCUT2D eigenvalue weighted by molar-refractivity contribution is 0.0695. The molecule has 1 heterocycles. The third-order valence-electron chi connectivity index (χ3n) is 3.37. The van der Waals surface area contributed by atoms with E-state index >= 15 is 0 Å². The number of carbonyl (C=O) groups is 1. The highest BCUT2D eigenvalue weighted by molar-refractivity contribution is 7.93. The number of hydrogen-bond donors (Lipinski definition) is 1. The Hall–Kier alpha value is -2.07. The molecule has 1 aromatic rings.